The molecule has 0 spiro atoms. The first-order valence-corrected chi connectivity index (χ1v) is 5.26. The maximum atomic E-state index is 13.5. The SMILES string of the molecule is COc1ccc(F)c(NCc2ccncc2)c1. The normalized spacial score (nSPS) is 10.0. The highest BCUT2D eigenvalue weighted by Crippen LogP contribution is 2.21. The van der Waals surface area contributed by atoms with Gasteiger partial charge in [0.2, 0.25) is 0 Å². The Labute approximate surface area is 99.3 Å². The van der Waals surface area contributed by atoms with Crippen LogP contribution in [0.1, 0.15) is 5.56 Å². The number of rotatable bonds is 4. The number of nitrogens with zero attached hydrogens (tertiary/aromatic N) is 1. The third kappa shape index (κ3) is 2.93. The van der Waals surface area contributed by atoms with Crippen LogP contribution in [-0.2, 0) is 6.54 Å². The van der Waals surface area contributed by atoms with Crippen LogP contribution in [0.2, 0.25) is 0 Å². The summed E-state index contributed by atoms with van der Waals surface area (Å²) in [7, 11) is 1.56. The summed E-state index contributed by atoms with van der Waals surface area (Å²) in [6.45, 7) is 0.548. The van der Waals surface area contributed by atoms with Gasteiger partial charge < -0.3 is 10.1 Å². The zero-order valence-electron chi connectivity index (χ0n) is 9.48. The highest BCUT2D eigenvalue weighted by Gasteiger charge is 2.03. The zero-order chi connectivity index (χ0) is 12.1. The summed E-state index contributed by atoms with van der Waals surface area (Å²) in [6, 6.07) is 8.37. The lowest BCUT2D eigenvalue weighted by atomic mass is 10.2. The van der Waals surface area contributed by atoms with Gasteiger partial charge in [-0.1, -0.05) is 0 Å². The molecule has 0 aliphatic rings. The van der Waals surface area contributed by atoms with Gasteiger partial charge in [0.1, 0.15) is 11.6 Å². The van der Waals surface area contributed by atoms with Crippen LogP contribution in [0.4, 0.5) is 10.1 Å². The maximum Gasteiger partial charge on any atom is 0.146 e. The van der Waals surface area contributed by atoms with Crippen LogP contribution < -0.4 is 10.1 Å². The molecular formula is C13H13FN2O. The third-order valence-corrected chi connectivity index (χ3v) is 2.41. The highest BCUT2D eigenvalue weighted by atomic mass is 19.1. The van der Waals surface area contributed by atoms with Crippen molar-refractivity contribution < 1.29 is 9.13 Å². The fourth-order valence-electron chi connectivity index (χ4n) is 1.46. The first-order valence-electron chi connectivity index (χ1n) is 5.26. The van der Waals surface area contributed by atoms with E-state index in [0.29, 0.717) is 18.0 Å². The van der Waals surface area contributed by atoms with Crippen molar-refractivity contribution in [1.29, 1.82) is 0 Å². The van der Waals surface area contributed by atoms with E-state index in [-0.39, 0.29) is 5.82 Å². The third-order valence-electron chi connectivity index (χ3n) is 2.41. The Hall–Kier alpha value is -2.10. The first-order chi connectivity index (χ1) is 8.29. The lowest BCUT2D eigenvalue weighted by molar-refractivity contribution is 0.414. The van der Waals surface area contributed by atoms with E-state index >= 15 is 0 Å². The molecule has 1 heterocycles. The van der Waals surface area contributed by atoms with Gasteiger partial charge in [-0.15, -0.1) is 0 Å². The zero-order valence-corrected chi connectivity index (χ0v) is 9.48. The number of hydrogen-bond acceptors (Lipinski definition) is 3. The van der Waals surface area contributed by atoms with Crippen molar-refractivity contribution in [3.63, 3.8) is 0 Å². The predicted molar refractivity (Wildman–Crippen MR) is 64.5 cm³/mol. The molecule has 0 atom stereocenters. The summed E-state index contributed by atoms with van der Waals surface area (Å²) in [5, 5.41) is 3.02. The number of anilines is 1. The average molecular weight is 232 g/mol. The van der Waals surface area contributed by atoms with E-state index in [4.69, 9.17) is 4.74 Å². The van der Waals surface area contributed by atoms with E-state index in [9.17, 15) is 4.39 Å². The molecule has 0 fully saturated rings. The molecule has 0 unspecified atom stereocenters. The number of hydrogen-bond donors (Lipinski definition) is 1. The molecule has 4 heteroatoms. The second kappa shape index (κ2) is 5.30. The lowest BCUT2D eigenvalue weighted by Crippen LogP contribution is -2.01. The van der Waals surface area contributed by atoms with Crippen LogP contribution >= 0.6 is 0 Å². The van der Waals surface area contributed by atoms with Gasteiger partial charge in [0.05, 0.1) is 12.8 Å². The molecule has 17 heavy (non-hydrogen) atoms. The molecular weight excluding hydrogens is 219 g/mol. The summed E-state index contributed by atoms with van der Waals surface area (Å²) in [5.41, 5.74) is 1.48. The summed E-state index contributed by atoms with van der Waals surface area (Å²) in [4.78, 5) is 3.92. The standard InChI is InChI=1S/C13H13FN2O/c1-17-11-2-3-12(14)13(8-11)16-9-10-4-6-15-7-5-10/h2-8,16H,9H2,1H3. The number of benzene rings is 1. The predicted octanol–water partition coefficient (Wildman–Crippen LogP) is 2.84. The Morgan fingerprint density at radius 2 is 2.00 bits per heavy atom. The Morgan fingerprint density at radius 1 is 1.24 bits per heavy atom. The van der Waals surface area contributed by atoms with E-state index in [0.717, 1.165) is 5.56 Å². The minimum Gasteiger partial charge on any atom is -0.497 e. The van der Waals surface area contributed by atoms with Crippen LogP contribution in [-0.4, -0.2) is 12.1 Å². The van der Waals surface area contributed by atoms with Gasteiger partial charge in [0.15, 0.2) is 0 Å². The van der Waals surface area contributed by atoms with Crippen molar-refractivity contribution in [2.24, 2.45) is 0 Å². The smallest absolute Gasteiger partial charge is 0.146 e. The first kappa shape index (κ1) is 11.4. The molecule has 1 aromatic carbocycles. The van der Waals surface area contributed by atoms with Crippen molar-refractivity contribution in [1.82, 2.24) is 4.98 Å². The van der Waals surface area contributed by atoms with Gasteiger partial charge in [-0.05, 0) is 29.8 Å². The monoisotopic (exact) mass is 232 g/mol. The van der Waals surface area contributed by atoms with Gasteiger partial charge in [0.25, 0.3) is 0 Å². The second-order valence-corrected chi connectivity index (χ2v) is 3.55. The quantitative estimate of drug-likeness (QED) is 0.880. The number of nitrogens with one attached hydrogen (secondary N) is 1. The van der Waals surface area contributed by atoms with E-state index in [1.807, 2.05) is 12.1 Å². The number of aromatic nitrogens is 1. The van der Waals surface area contributed by atoms with Gasteiger partial charge >= 0.3 is 0 Å². The number of methoxy groups -OCH3 is 1. The molecule has 0 saturated carbocycles. The molecule has 0 aliphatic carbocycles. The minimum atomic E-state index is -0.292. The van der Waals surface area contributed by atoms with Crippen LogP contribution in [0.25, 0.3) is 0 Å². The van der Waals surface area contributed by atoms with Crippen molar-refractivity contribution in [3.8, 4) is 5.75 Å². The van der Waals surface area contributed by atoms with Gasteiger partial charge in [-0.25, -0.2) is 4.39 Å². The molecule has 1 N–H and O–H groups in total. The maximum absolute atomic E-state index is 13.5. The molecule has 88 valence electrons. The molecule has 2 rings (SSSR count). The molecule has 0 bridgehead atoms. The molecule has 2 aromatic rings. The van der Waals surface area contributed by atoms with Crippen molar-refractivity contribution in [3.05, 3.63) is 54.1 Å². The fraction of sp³-hybridized carbons (Fsp3) is 0.154. The van der Waals surface area contributed by atoms with Crippen LogP contribution in [0.5, 0.6) is 5.75 Å². The summed E-state index contributed by atoms with van der Waals surface area (Å²) >= 11 is 0. The second-order valence-electron chi connectivity index (χ2n) is 3.55. The Morgan fingerprint density at radius 3 is 2.71 bits per heavy atom. The van der Waals surface area contributed by atoms with E-state index in [1.165, 1.54) is 6.07 Å². The van der Waals surface area contributed by atoms with Gasteiger partial charge in [0, 0.05) is 25.0 Å². The molecule has 1 aromatic heterocycles. The Bertz CT molecular complexity index is 488. The summed E-state index contributed by atoms with van der Waals surface area (Å²) in [5.74, 6) is 0.337. The topological polar surface area (TPSA) is 34.1 Å². The molecule has 0 saturated heterocycles. The average Bonchev–Trinajstić information content (AvgIpc) is 2.39. The Kier molecular flexibility index (Phi) is 3.55. The van der Waals surface area contributed by atoms with Gasteiger partial charge in [-0.2, -0.15) is 0 Å². The van der Waals surface area contributed by atoms with E-state index in [1.54, 1.807) is 31.6 Å². The largest absolute Gasteiger partial charge is 0.497 e. The van der Waals surface area contributed by atoms with Crippen LogP contribution in [0.15, 0.2) is 42.7 Å². The van der Waals surface area contributed by atoms with E-state index < -0.39 is 0 Å². The number of halogens is 1. The minimum absolute atomic E-state index is 0.292. The van der Waals surface area contributed by atoms with E-state index in [2.05, 4.69) is 10.3 Å². The Balaban J connectivity index is 2.08. The highest BCUT2D eigenvalue weighted by molar-refractivity contribution is 5.49. The molecule has 3 nitrogen and oxygen atoms in total. The fourth-order valence-corrected chi connectivity index (χ4v) is 1.46. The van der Waals surface area contributed by atoms with Gasteiger partial charge in [-0.3, -0.25) is 4.98 Å². The molecule has 0 aliphatic heterocycles. The summed E-state index contributed by atoms with van der Waals surface area (Å²) < 4.78 is 18.5. The van der Waals surface area contributed by atoms with Crippen molar-refractivity contribution in [2.75, 3.05) is 12.4 Å². The van der Waals surface area contributed by atoms with Crippen molar-refractivity contribution in [2.45, 2.75) is 6.54 Å². The van der Waals surface area contributed by atoms with Crippen LogP contribution in [0.3, 0.4) is 0 Å². The number of ether oxygens (including phenoxy) is 1. The molecule has 0 radical (unpaired) electrons. The van der Waals surface area contributed by atoms with Crippen molar-refractivity contribution >= 4 is 5.69 Å². The lowest BCUT2D eigenvalue weighted by Gasteiger charge is -2.09. The van der Waals surface area contributed by atoms with Crippen LogP contribution in [0, 0.1) is 5.82 Å². The summed E-state index contributed by atoms with van der Waals surface area (Å²) in [6.07, 6.45) is 3.41. The number of pyridine rings is 1. The molecule has 0 amide bonds.